The van der Waals surface area contributed by atoms with Gasteiger partial charge in [0.05, 0.1) is 74.3 Å². The molecule has 3 aliphatic heterocycles. The molecular formula is C59H67ClN10O6S. The quantitative estimate of drug-likeness (QED) is 0.0634. The highest BCUT2D eigenvalue weighted by Gasteiger charge is 2.49. The van der Waals surface area contributed by atoms with Gasteiger partial charge in [-0.1, -0.05) is 112 Å². The minimum atomic E-state index is -0.933. The Balaban J connectivity index is 0.712. The second-order valence-electron chi connectivity index (χ2n) is 21.7. The van der Waals surface area contributed by atoms with E-state index in [2.05, 4.69) is 43.0 Å². The van der Waals surface area contributed by atoms with Gasteiger partial charge in [-0.05, 0) is 85.8 Å². The first-order chi connectivity index (χ1) is 37.0. The number of rotatable bonds is 17. The molecule has 6 aromatic rings. The fourth-order valence-electron chi connectivity index (χ4n) is 10.7. The third-order valence-corrected chi connectivity index (χ3v) is 16.5. The lowest BCUT2D eigenvalue weighted by Gasteiger charge is -2.38. The van der Waals surface area contributed by atoms with E-state index in [9.17, 15) is 29.1 Å². The highest BCUT2D eigenvalue weighted by molar-refractivity contribution is 7.13. The van der Waals surface area contributed by atoms with Crippen molar-refractivity contribution < 1.29 is 29.1 Å². The second-order valence-corrected chi connectivity index (χ2v) is 23.0. The van der Waals surface area contributed by atoms with Gasteiger partial charge in [0.2, 0.25) is 35.5 Å². The number of hydrogen-bond donors (Lipinski definition) is 4. The first-order valence-corrected chi connectivity index (χ1v) is 27.8. The summed E-state index contributed by atoms with van der Waals surface area (Å²) in [5, 5.41) is 20.4. The van der Waals surface area contributed by atoms with Crippen LogP contribution in [0.2, 0.25) is 5.02 Å². The summed E-state index contributed by atoms with van der Waals surface area (Å²) in [6, 6.07) is 25.7. The number of carbonyl (C=O) groups excluding carboxylic acids is 5. The van der Waals surface area contributed by atoms with Gasteiger partial charge < -0.3 is 35.8 Å². The molecule has 3 saturated heterocycles. The molecule has 0 radical (unpaired) electrons. The van der Waals surface area contributed by atoms with E-state index in [0.29, 0.717) is 92.6 Å². The Morgan fingerprint density at radius 2 is 1.55 bits per heavy atom. The maximum absolute atomic E-state index is 14.2. The van der Waals surface area contributed by atoms with Crippen molar-refractivity contribution in [2.75, 3.05) is 36.4 Å². The summed E-state index contributed by atoms with van der Waals surface area (Å²) in [5.74, 6) is -0.670. The Labute approximate surface area is 459 Å². The fraction of sp³-hybridized carbons (Fsp3) is 0.407. The molecule has 16 nitrogen and oxygen atoms in total. The molecule has 6 heterocycles. The molecule has 9 rings (SSSR count). The standard InChI is InChI=1S/C59H67ClN10O6S/c1-37(39-19-21-41(22-20-39)52-38(2)63-36-77-52)64-54(74)48-31-46(71)35-70(48)55(75)53(58(3,4)5)66-49(72)17-10-7-11-18-50(73)68-26-23-59(24-27-68)25-28-69(56(59)76)45-30-44(32-61-33-45)65-57-62-34-47(60)51(67-57)43-16-12-15-42(29-43)40-13-8-6-9-14-40/h6,8-9,12-16,19-22,29-30,32-34,36-37,46,48,53,71H,7,10-11,17-18,23-28,31,35H2,1-5H3,(H,64,74)(H,66,72)(H,62,65,67)/t37-,46+,48-,53+/m0/s1. The molecule has 77 heavy (non-hydrogen) atoms. The molecule has 3 aromatic heterocycles. The average molecular weight is 1080 g/mol. The zero-order valence-corrected chi connectivity index (χ0v) is 45.9. The number of nitrogens with one attached hydrogen (secondary N) is 3. The van der Waals surface area contributed by atoms with Crippen molar-refractivity contribution in [3.63, 3.8) is 0 Å². The van der Waals surface area contributed by atoms with Crippen LogP contribution in [-0.2, 0) is 24.0 Å². The molecule has 4 N–H and O–H groups in total. The topological polar surface area (TPSA) is 203 Å². The molecule has 0 aliphatic carbocycles. The Hall–Kier alpha value is -7.08. The summed E-state index contributed by atoms with van der Waals surface area (Å²) in [7, 11) is 0. The van der Waals surface area contributed by atoms with Crippen LogP contribution in [0.25, 0.3) is 32.8 Å². The van der Waals surface area contributed by atoms with Crippen molar-refractivity contribution >= 4 is 69.8 Å². The van der Waals surface area contributed by atoms with Crippen molar-refractivity contribution in [1.82, 2.24) is 40.4 Å². The molecule has 402 valence electrons. The van der Waals surface area contributed by atoms with Gasteiger partial charge in [0, 0.05) is 51.0 Å². The summed E-state index contributed by atoms with van der Waals surface area (Å²) in [6.07, 6.45) is 8.21. The second kappa shape index (κ2) is 23.7. The molecule has 3 fully saturated rings. The van der Waals surface area contributed by atoms with Crippen LogP contribution in [0.15, 0.2) is 109 Å². The van der Waals surface area contributed by atoms with Gasteiger partial charge in [0.15, 0.2) is 0 Å². The number of aromatic nitrogens is 4. The normalized spacial score (nSPS) is 18.1. The Morgan fingerprint density at radius 1 is 0.831 bits per heavy atom. The number of nitrogens with zero attached hydrogens (tertiary/aromatic N) is 7. The van der Waals surface area contributed by atoms with E-state index in [1.807, 2.05) is 118 Å². The molecule has 5 amide bonds. The number of unbranched alkanes of at least 4 members (excludes halogenated alkanes) is 2. The summed E-state index contributed by atoms with van der Waals surface area (Å²) in [4.78, 5) is 93.0. The monoisotopic (exact) mass is 1080 g/mol. The first kappa shape index (κ1) is 54.7. The number of β-amino-alcohol motifs (C(OH)–C–C–N with tert-alkyl or cyclic N) is 1. The summed E-state index contributed by atoms with van der Waals surface area (Å²) in [6.45, 7) is 10.9. The largest absolute Gasteiger partial charge is 0.391 e. The van der Waals surface area contributed by atoms with E-state index in [1.54, 1.807) is 34.8 Å². The number of thiazole rings is 1. The number of pyridine rings is 1. The maximum atomic E-state index is 14.2. The Bertz CT molecular complexity index is 3100. The lowest BCUT2D eigenvalue weighted by molar-refractivity contribution is -0.144. The summed E-state index contributed by atoms with van der Waals surface area (Å²) >= 11 is 8.19. The highest BCUT2D eigenvalue weighted by Crippen LogP contribution is 2.44. The lowest BCUT2D eigenvalue weighted by atomic mass is 9.77. The van der Waals surface area contributed by atoms with Crippen molar-refractivity contribution in [3.8, 4) is 32.8 Å². The zero-order chi connectivity index (χ0) is 54.4. The molecule has 0 unspecified atom stereocenters. The van der Waals surface area contributed by atoms with Crippen LogP contribution in [0.3, 0.4) is 0 Å². The van der Waals surface area contributed by atoms with E-state index in [-0.39, 0.29) is 49.1 Å². The van der Waals surface area contributed by atoms with E-state index in [0.717, 1.165) is 38.4 Å². The number of aliphatic hydroxyl groups is 1. The number of likely N-dealkylation sites (tertiary alicyclic amines) is 2. The highest BCUT2D eigenvalue weighted by atomic mass is 35.5. The van der Waals surface area contributed by atoms with Crippen molar-refractivity contribution in [2.24, 2.45) is 10.8 Å². The lowest BCUT2D eigenvalue weighted by Crippen LogP contribution is -2.57. The van der Waals surface area contributed by atoms with Crippen LogP contribution in [0, 0.1) is 17.8 Å². The van der Waals surface area contributed by atoms with Crippen LogP contribution in [0.1, 0.15) is 103 Å². The zero-order valence-electron chi connectivity index (χ0n) is 44.3. The number of carbonyl (C=O) groups is 5. The molecule has 18 heteroatoms. The summed E-state index contributed by atoms with van der Waals surface area (Å²) < 4.78 is 0. The Morgan fingerprint density at radius 3 is 2.27 bits per heavy atom. The van der Waals surface area contributed by atoms with Gasteiger partial charge in [-0.2, -0.15) is 0 Å². The number of aliphatic hydroxyl groups excluding tert-OH is 1. The van der Waals surface area contributed by atoms with Gasteiger partial charge in [-0.15, -0.1) is 11.3 Å². The summed E-state index contributed by atoms with van der Waals surface area (Å²) in [5.41, 5.74) is 8.32. The predicted molar refractivity (Wildman–Crippen MR) is 300 cm³/mol. The van der Waals surface area contributed by atoms with Gasteiger partial charge in [0.1, 0.15) is 12.1 Å². The smallest absolute Gasteiger partial charge is 0.246 e. The Kier molecular flexibility index (Phi) is 16.8. The van der Waals surface area contributed by atoms with Crippen LogP contribution >= 0.6 is 22.9 Å². The van der Waals surface area contributed by atoms with Crippen LogP contribution in [-0.4, -0.2) is 109 Å². The van der Waals surface area contributed by atoms with Gasteiger partial charge >= 0.3 is 0 Å². The molecule has 0 bridgehead atoms. The average Bonchev–Trinajstić information content (AvgIpc) is 4.16. The number of amides is 5. The molecule has 4 atom stereocenters. The number of piperidine rings is 1. The molecule has 1 spiro atoms. The number of halogens is 1. The third-order valence-electron chi connectivity index (χ3n) is 15.2. The van der Waals surface area contributed by atoms with Crippen LogP contribution in [0.4, 0.5) is 17.3 Å². The van der Waals surface area contributed by atoms with E-state index in [4.69, 9.17) is 16.6 Å². The molecular weight excluding hydrogens is 1010 g/mol. The SMILES string of the molecule is Cc1ncsc1-c1ccc([C@H](C)NC(=O)[C@@H]2C[C@@H](O)CN2C(=O)[C@@H](NC(=O)CCCCCC(=O)N2CCC3(CC2)CCN(c2cncc(Nc4ncc(Cl)c(-c5cccc(-c6ccccc6)c5)n4)c2)C3=O)C(C)(C)C)cc1. The third kappa shape index (κ3) is 12.7. The molecule has 0 saturated carbocycles. The molecule has 3 aliphatic rings. The van der Waals surface area contributed by atoms with Crippen LogP contribution in [0.5, 0.6) is 0 Å². The van der Waals surface area contributed by atoms with E-state index < -0.39 is 34.9 Å². The maximum Gasteiger partial charge on any atom is 0.246 e. The number of hydrogen-bond acceptors (Lipinski definition) is 12. The number of anilines is 3. The van der Waals surface area contributed by atoms with Crippen molar-refractivity contribution in [2.45, 2.75) is 117 Å². The van der Waals surface area contributed by atoms with Gasteiger partial charge in [-0.3, -0.25) is 29.0 Å². The molecule has 3 aromatic carbocycles. The predicted octanol–water partition coefficient (Wildman–Crippen LogP) is 9.70. The number of aryl methyl sites for hydroxylation is 1. The van der Waals surface area contributed by atoms with Crippen molar-refractivity contribution in [1.29, 1.82) is 0 Å². The van der Waals surface area contributed by atoms with E-state index in [1.165, 1.54) is 4.90 Å². The minimum Gasteiger partial charge on any atom is -0.391 e. The fourth-order valence-corrected chi connectivity index (χ4v) is 11.8. The minimum absolute atomic E-state index is 0.0148. The van der Waals surface area contributed by atoms with Gasteiger partial charge in [0.25, 0.3) is 0 Å². The number of benzene rings is 3. The first-order valence-electron chi connectivity index (χ1n) is 26.6. The van der Waals surface area contributed by atoms with Gasteiger partial charge in [-0.25, -0.2) is 15.0 Å². The van der Waals surface area contributed by atoms with Crippen molar-refractivity contribution in [3.05, 3.63) is 125 Å². The van der Waals surface area contributed by atoms with E-state index >= 15 is 0 Å². The van der Waals surface area contributed by atoms with Crippen LogP contribution < -0.4 is 20.9 Å².